The molecule has 4 nitrogen and oxygen atoms in total. The number of rotatable bonds is 2. The Morgan fingerprint density at radius 3 is 2.62 bits per heavy atom. The largest absolute Gasteiger partial charge is 0.324 e. The lowest BCUT2D eigenvalue weighted by Gasteiger charge is -2.05. The van der Waals surface area contributed by atoms with Gasteiger partial charge in [-0.05, 0) is 25.5 Å². The number of hydrogen-bond acceptors (Lipinski definition) is 3. The van der Waals surface area contributed by atoms with Gasteiger partial charge >= 0.3 is 0 Å². The summed E-state index contributed by atoms with van der Waals surface area (Å²) in [5, 5.41) is 4.88. The van der Waals surface area contributed by atoms with Crippen LogP contribution in [0.3, 0.4) is 0 Å². The van der Waals surface area contributed by atoms with Crippen molar-refractivity contribution in [2.75, 3.05) is 0 Å². The summed E-state index contributed by atoms with van der Waals surface area (Å²) >= 11 is 5.93. The maximum Gasteiger partial charge on any atom is 0.153 e. The molecule has 0 aliphatic rings. The number of nitrogens with zero attached hydrogens (tertiary/aromatic N) is 3. The van der Waals surface area contributed by atoms with Crippen molar-refractivity contribution in [1.29, 1.82) is 0 Å². The van der Waals surface area contributed by atoms with E-state index in [1.54, 1.807) is 17.1 Å². The molecule has 84 valence electrons. The van der Waals surface area contributed by atoms with Crippen molar-refractivity contribution in [3.05, 3.63) is 40.8 Å². The molecule has 0 fully saturated rings. The Balaban J connectivity index is 2.34. The Hall–Kier alpha value is -1.39. The first-order chi connectivity index (χ1) is 7.58. The molecule has 5 heteroatoms. The van der Waals surface area contributed by atoms with E-state index in [2.05, 4.69) is 10.1 Å². The molecular formula is C11H13ClN4. The molecule has 0 aromatic carbocycles. The zero-order chi connectivity index (χ0) is 11.7. The van der Waals surface area contributed by atoms with Gasteiger partial charge in [0.15, 0.2) is 5.82 Å². The summed E-state index contributed by atoms with van der Waals surface area (Å²) in [4.78, 5) is 4.29. The third-order valence-corrected chi connectivity index (χ3v) is 2.74. The number of aryl methyl sites for hydroxylation is 1. The van der Waals surface area contributed by atoms with Gasteiger partial charge in [-0.3, -0.25) is 0 Å². The summed E-state index contributed by atoms with van der Waals surface area (Å²) < 4.78 is 1.66. The van der Waals surface area contributed by atoms with Gasteiger partial charge in [-0.25, -0.2) is 9.67 Å². The first-order valence-corrected chi connectivity index (χ1v) is 5.39. The van der Waals surface area contributed by atoms with Gasteiger partial charge < -0.3 is 5.73 Å². The fourth-order valence-corrected chi connectivity index (χ4v) is 1.49. The molecule has 2 aromatic heterocycles. The quantitative estimate of drug-likeness (QED) is 0.870. The van der Waals surface area contributed by atoms with Crippen molar-refractivity contribution in [2.24, 2.45) is 5.73 Å². The van der Waals surface area contributed by atoms with Crippen LogP contribution in [0.4, 0.5) is 0 Å². The van der Waals surface area contributed by atoms with Crippen LogP contribution in [-0.2, 0) is 0 Å². The average Bonchev–Trinajstić information content (AvgIpc) is 2.59. The van der Waals surface area contributed by atoms with E-state index in [1.165, 1.54) is 0 Å². The first kappa shape index (κ1) is 11.1. The molecule has 0 unspecified atom stereocenters. The van der Waals surface area contributed by atoms with E-state index in [-0.39, 0.29) is 6.04 Å². The van der Waals surface area contributed by atoms with Gasteiger partial charge in [-0.2, -0.15) is 5.10 Å². The van der Waals surface area contributed by atoms with Crippen molar-refractivity contribution in [3.63, 3.8) is 0 Å². The molecule has 1 atom stereocenters. The number of nitrogens with two attached hydrogens (primary N) is 1. The van der Waals surface area contributed by atoms with Crippen LogP contribution < -0.4 is 5.73 Å². The summed E-state index contributed by atoms with van der Waals surface area (Å²) in [6.45, 7) is 3.78. The van der Waals surface area contributed by atoms with Crippen LogP contribution >= 0.6 is 11.6 Å². The molecule has 0 amide bonds. The standard InChI is InChI=1S/C11H13ClN4/c1-7(13)9-3-4-11(14-5-9)16-6-10(12)8(2)15-16/h3-7H,13H2,1-2H3/t7-/m0/s1. The SMILES string of the molecule is Cc1nn(-c2ccc([C@H](C)N)cn2)cc1Cl. The lowest BCUT2D eigenvalue weighted by atomic mass is 10.2. The van der Waals surface area contributed by atoms with Gasteiger partial charge in [-0.1, -0.05) is 17.7 Å². The third kappa shape index (κ3) is 2.08. The predicted molar refractivity (Wildman–Crippen MR) is 63.7 cm³/mol. The molecule has 0 saturated heterocycles. The van der Waals surface area contributed by atoms with Crippen LogP contribution in [0, 0.1) is 6.92 Å². The molecular weight excluding hydrogens is 224 g/mol. The third-order valence-electron chi connectivity index (χ3n) is 2.37. The molecule has 2 aromatic rings. The van der Waals surface area contributed by atoms with Gasteiger partial charge in [0.25, 0.3) is 0 Å². The highest BCUT2D eigenvalue weighted by molar-refractivity contribution is 6.31. The number of halogens is 1. The van der Waals surface area contributed by atoms with Gasteiger partial charge in [0, 0.05) is 12.2 Å². The summed E-state index contributed by atoms with van der Waals surface area (Å²) in [5.74, 6) is 0.736. The van der Waals surface area contributed by atoms with Crippen molar-refractivity contribution >= 4 is 11.6 Å². The molecule has 0 aliphatic carbocycles. The van der Waals surface area contributed by atoms with E-state index in [1.807, 2.05) is 26.0 Å². The lowest BCUT2D eigenvalue weighted by Crippen LogP contribution is -2.06. The second-order valence-corrected chi connectivity index (χ2v) is 4.15. The predicted octanol–water partition coefficient (Wildman–Crippen LogP) is 2.25. The topological polar surface area (TPSA) is 56.7 Å². The van der Waals surface area contributed by atoms with Crippen molar-refractivity contribution in [2.45, 2.75) is 19.9 Å². The van der Waals surface area contributed by atoms with E-state index in [0.717, 1.165) is 17.1 Å². The maximum absolute atomic E-state index is 5.93. The minimum Gasteiger partial charge on any atom is -0.324 e. The van der Waals surface area contributed by atoms with Gasteiger partial charge in [0.1, 0.15) is 0 Å². The van der Waals surface area contributed by atoms with Gasteiger partial charge in [0.05, 0.1) is 16.9 Å². The molecule has 0 radical (unpaired) electrons. The first-order valence-electron chi connectivity index (χ1n) is 5.01. The van der Waals surface area contributed by atoms with E-state index in [9.17, 15) is 0 Å². The Labute approximate surface area is 99.1 Å². The van der Waals surface area contributed by atoms with E-state index in [0.29, 0.717) is 5.02 Å². The van der Waals surface area contributed by atoms with E-state index < -0.39 is 0 Å². The summed E-state index contributed by atoms with van der Waals surface area (Å²) in [6.07, 6.45) is 3.50. The smallest absolute Gasteiger partial charge is 0.153 e. The Morgan fingerprint density at radius 1 is 1.44 bits per heavy atom. The zero-order valence-corrected chi connectivity index (χ0v) is 9.94. The average molecular weight is 237 g/mol. The summed E-state index contributed by atoms with van der Waals surface area (Å²) in [7, 11) is 0. The van der Waals surface area contributed by atoms with Crippen molar-refractivity contribution in [3.8, 4) is 5.82 Å². The van der Waals surface area contributed by atoms with Gasteiger partial charge in [-0.15, -0.1) is 0 Å². The summed E-state index contributed by atoms with van der Waals surface area (Å²) in [5.41, 5.74) is 7.54. The molecule has 2 rings (SSSR count). The zero-order valence-electron chi connectivity index (χ0n) is 9.18. The Morgan fingerprint density at radius 2 is 2.19 bits per heavy atom. The maximum atomic E-state index is 5.93. The summed E-state index contributed by atoms with van der Waals surface area (Å²) in [6, 6.07) is 3.81. The van der Waals surface area contributed by atoms with Crippen molar-refractivity contribution in [1.82, 2.24) is 14.8 Å². The second kappa shape index (κ2) is 4.23. The molecule has 0 saturated carbocycles. The number of hydrogen-bond donors (Lipinski definition) is 1. The van der Waals surface area contributed by atoms with Crippen LogP contribution in [0.25, 0.3) is 5.82 Å². The van der Waals surface area contributed by atoms with Crippen LogP contribution in [0.5, 0.6) is 0 Å². The van der Waals surface area contributed by atoms with E-state index >= 15 is 0 Å². The molecule has 0 spiro atoms. The van der Waals surface area contributed by atoms with Gasteiger partial charge in [0.2, 0.25) is 0 Å². The molecule has 0 aliphatic heterocycles. The van der Waals surface area contributed by atoms with Crippen LogP contribution in [0.2, 0.25) is 5.02 Å². The Kier molecular flexibility index (Phi) is 2.94. The van der Waals surface area contributed by atoms with Crippen LogP contribution in [0.15, 0.2) is 24.5 Å². The minimum atomic E-state index is -0.00973. The van der Waals surface area contributed by atoms with Crippen LogP contribution in [-0.4, -0.2) is 14.8 Å². The fourth-order valence-electron chi connectivity index (χ4n) is 1.36. The Bertz CT molecular complexity index is 468. The normalized spacial score (nSPS) is 12.8. The minimum absolute atomic E-state index is 0.00973. The lowest BCUT2D eigenvalue weighted by molar-refractivity contribution is 0.794. The second-order valence-electron chi connectivity index (χ2n) is 3.75. The monoisotopic (exact) mass is 236 g/mol. The highest BCUT2D eigenvalue weighted by atomic mass is 35.5. The molecule has 16 heavy (non-hydrogen) atoms. The fraction of sp³-hybridized carbons (Fsp3) is 0.273. The molecule has 0 bridgehead atoms. The highest BCUT2D eigenvalue weighted by Gasteiger charge is 2.05. The van der Waals surface area contributed by atoms with Crippen LogP contribution in [0.1, 0.15) is 24.2 Å². The van der Waals surface area contributed by atoms with E-state index in [4.69, 9.17) is 17.3 Å². The molecule has 2 heterocycles. The number of aromatic nitrogens is 3. The molecule has 2 N–H and O–H groups in total. The number of pyridine rings is 1. The van der Waals surface area contributed by atoms with Crippen molar-refractivity contribution < 1.29 is 0 Å². The highest BCUT2D eigenvalue weighted by Crippen LogP contribution is 2.16.